The quantitative estimate of drug-likeness (QED) is 0.618. The van der Waals surface area contributed by atoms with E-state index in [1.165, 1.54) is 0 Å². The van der Waals surface area contributed by atoms with Crippen LogP contribution in [0.2, 0.25) is 0 Å². The fraction of sp³-hybridized carbons (Fsp3) is 0.357. The van der Waals surface area contributed by atoms with Crippen molar-refractivity contribution in [2.45, 2.75) is 13.0 Å². The molecule has 0 radical (unpaired) electrons. The van der Waals surface area contributed by atoms with Gasteiger partial charge >= 0.3 is 5.97 Å². The predicted octanol–water partition coefficient (Wildman–Crippen LogP) is 2.84. The Balaban J connectivity index is 3.11. The third-order valence-electron chi connectivity index (χ3n) is 2.49. The van der Waals surface area contributed by atoms with E-state index in [1.807, 2.05) is 12.1 Å². The van der Waals surface area contributed by atoms with E-state index < -0.39 is 6.04 Å². The zero-order valence-corrected chi connectivity index (χ0v) is 12.7. The molecule has 1 aromatic rings. The molecule has 0 aliphatic carbocycles. The van der Waals surface area contributed by atoms with Crippen LogP contribution >= 0.6 is 15.9 Å². The topological polar surface area (TPSA) is 47.6 Å². The highest BCUT2D eigenvalue weighted by Crippen LogP contribution is 2.29. The number of carbonyl (C=O) groups is 1. The first-order valence-corrected chi connectivity index (χ1v) is 6.77. The number of halogens is 1. The highest BCUT2D eigenvalue weighted by molar-refractivity contribution is 9.10. The van der Waals surface area contributed by atoms with Crippen LogP contribution in [0.1, 0.15) is 18.5 Å². The first-order chi connectivity index (χ1) is 9.13. The fourth-order valence-electron chi connectivity index (χ4n) is 1.68. The molecule has 0 heterocycles. The van der Waals surface area contributed by atoms with E-state index in [0.29, 0.717) is 18.9 Å². The van der Waals surface area contributed by atoms with Crippen molar-refractivity contribution in [2.24, 2.45) is 0 Å². The molecule has 0 bridgehead atoms. The Labute approximate surface area is 121 Å². The van der Waals surface area contributed by atoms with Gasteiger partial charge in [-0.05, 0) is 25.1 Å². The molecule has 1 atom stereocenters. The van der Waals surface area contributed by atoms with Crippen molar-refractivity contribution in [3.8, 4) is 5.75 Å². The van der Waals surface area contributed by atoms with Gasteiger partial charge in [-0.25, -0.2) is 4.79 Å². The number of hydrogen-bond acceptors (Lipinski definition) is 4. The van der Waals surface area contributed by atoms with Crippen molar-refractivity contribution in [1.29, 1.82) is 0 Å². The van der Waals surface area contributed by atoms with E-state index in [-0.39, 0.29) is 5.97 Å². The molecule has 0 aliphatic heterocycles. The average molecular weight is 328 g/mol. The Morgan fingerprint density at radius 1 is 1.58 bits per heavy atom. The molecular formula is C14H18BrNO3. The first-order valence-electron chi connectivity index (χ1n) is 5.98. The summed E-state index contributed by atoms with van der Waals surface area (Å²) in [6.07, 6.45) is 1.69. The summed E-state index contributed by atoms with van der Waals surface area (Å²) in [7, 11) is 1.57. The molecule has 0 aromatic heterocycles. The summed E-state index contributed by atoms with van der Waals surface area (Å²) in [6, 6.07) is 4.93. The molecule has 104 valence electrons. The highest BCUT2D eigenvalue weighted by atomic mass is 79.9. The largest absolute Gasteiger partial charge is 0.496 e. The van der Waals surface area contributed by atoms with E-state index in [1.54, 1.807) is 26.2 Å². The number of rotatable bonds is 7. The van der Waals surface area contributed by atoms with Crippen LogP contribution in [0.15, 0.2) is 35.3 Å². The standard InChI is InChI=1S/C14H18BrNO3/c1-4-8-16-13(14(17)19-5-2)11-9-10(15)6-7-12(11)18-3/h4,6-7,9,13,16H,1,5,8H2,2-3H3. The minimum absolute atomic E-state index is 0.333. The zero-order chi connectivity index (χ0) is 14.3. The Bertz CT molecular complexity index is 448. The van der Waals surface area contributed by atoms with E-state index in [9.17, 15) is 4.79 Å². The van der Waals surface area contributed by atoms with Gasteiger partial charge in [0.25, 0.3) is 0 Å². The molecular weight excluding hydrogens is 310 g/mol. The lowest BCUT2D eigenvalue weighted by atomic mass is 10.1. The zero-order valence-electron chi connectivity index (χ0n) is 11.1. The second-order valence-electron chi connectivity index (χ2n) is 3.77. The number of carbonyl (C=O) groups excluding carboxylic acids is 1. The van der Waals surface area contributed by atoms with Crippen molar-refractivity contribution >= 4 is 21.9 Å². The Morgan fingerprint density at radius 2 is 2.32 bits per heavy atom. The lowest BCUT2D eigenvalue weighted by molar-refractivity contribution is -0.145. The molecule has 0 fully saturated rings. The first kappa shape index (κ1) is 15.7. The predicted molar refractivity (Wildman–Crippen MR) is 78.3 cm³/mol. The van der Waals surface area contributed by atoms with Crippen LogP contribution in [-0.2, 0) is 9.53 Å². The minimum Gasteiger partial charge on any atom is -0.496 e. The van der Waals surface area contributed by atoms with Crippen molar-refractivity contribution in [3.05, 3.63) is 40.9 Å². The number of hydrogen-bond donors (Lipinski definition) is 1. The van der Waals surface area contributed by atoms with Gasteiger partial charge in [0.05, 0.1) is 13.7 Å². The number of nitrogens with one attached hydrogen (secondary N) is 1. The van der Waals surface area contributed by atoms with Crippen LogP contribution in [-0.4, -0.2) is 26.2 Å². The van der Waals surface area contributed by atoms with Crippen LogP contribution in [0, 0.1) is 0 Å². The molecule has 5 heteroatoms. The van der Waals surface area contributed by atoms with Crippen molar-refractivity contribution in [1.82, 2.24) is 5.32 Å². The van der Waals surface area contributed by atoms with Gasteiger partial charge in [0, 0.05) is 16.6 Å². The molecule has 4 nitrogen and oxygen atoms in total. The summed E-state index contributed by atoms with van der Waals surface area (Å²) < 4.78 is 11.3. The van der Waals surface area contributed by atoms with Crippen LogP contribution in [0.3, 0.4) is 0 Å². The number of methoxy groups -OCH3 is 1. The second-order valence-corrected chi connectivity index (χ2v) is 4.68. The molecule has 0 spiro atoms. The van der Waals surface area contributed by atoms with E-state index >= 15 is 0 Å². The maximum Gasteiger partial charge on any atom is 0.327 e. The summed E-state index contributed by atoms with van der Waals surface area (Å²) in [4.78, 5) is 12.0. The third kappa shape index (κ3) is 4.36. The maximum absolute atomic E-state index is 12.0. The number of ether oxygens (including phenoxy) is 2. The summed E-state index contributed by atoms with van der Waals surface area (Å²) in [5.41, 5.74) is 0.733. The molecule has 0 saturated heterocycles. The second kappa shape index (κ2) is 7.96. The van der Waals surface area contributed by atoms with Gasteiger partial charge in [-0.3, -0.25) is 5.32 Å². The SMILES string of the molecule is C=CCNC(C(=O)OCC)c1cc(Br)ccc1OC. The van der Waals surface area contributed by atoms with E-state index in [2.05, 4.69) is 27.8 Å². The molecule has 1 aromatic carbocycles. The average Bonchev–Trinajstić information content (AvgIpc) is 2.40. The molecule has 1 unspecified atom stereocenters. The van der Waals surface area contributed by atoms with Gasteiger partial charge in [-0.2, -0.15) is 0 Å². The van der Waals surface area contributed by atoms with Gasteiger partial charge < -0.3 is 9.47 Å². The minimum atomic E-state index is -0.578. The van der Waals surface area contributed by atoms with Crippen LogP contribution < -0.4 is 10.1 Å². The molecule has 0 amide bonds. The van der Waals surface area contributed by atoms with Gasteiger partial charge in [-0.1, -0.05) is 22.0 Å². The Morgan fingerprint density at radius 3 is 2.89 bits per heavy atom. The molecule has 1 N–H and O–H groups in total. The van der Waals surface area contributed by atoms with E-state index in [0.717, 1.165) is 10.0 Å². The van der Waals surface area contributed by atoms with Gasteiger partial charge in [0.2, 0.25) is 0 Å². The van der Waals surface area contributed by atoms with Crippen molar-refractivity contribution in [3.63, 3.8) is 0 Å². The molecule has 0 saturated carbocycles. The van der Waals surface area contributed by atoms with Crippen molar-refractivity contribution < 1.29 is 14.3 Å². The number of benzene rings is 1. The fourth-order valence-corrected chi connectivity index (χ4v) is 2.06. The Hall–Kier alpha value is -1.33. The van der Waals surface area contributed by atoms with Crippen LogP contribution in [0.5, 0.6) is 5.75 Å². The maximum atomic E-state index is 12.0. The van der Waals surface area contributed by atoms with Crippen LogP contribution in [0.25, 0.3) is 0 Å². The van der Waals surface area contributed by atoms with E-state index in [4.69, 9.17) is 9.47 Å². The summed E-state index contributed by atoms with van der Waals surface area (Å²) in [6.45, 7) is 6.25. The van der Waals surface area contributed by atoms with Crippen LogP contribution in [0.4, 0.5) is 0 Å². The molecule has 19 heavy (non-hydrogen) atoms. The molecule has 0 aliphatic rings. The summed E-state index contributed by atoms with van der Waals surface area (Å²) >= 11 is 3.39. The van der Waals surface area contributed by atoms with Gasteiger partial charge in [-0.15, -0.1) is 6.58 Å². The molecule has 1 rings (SSSR count). The summed E-state index contributed by atoms with van der Waals surface area (Å²) in [5, 5.41) is 3.08. The van der Waals surface area contributed by atoms with Crippen molar-refractivity contribution in [2.75, 3.05) is 20.3 Å². The smallest absolute Gasteiger partial charge is 0.327 e. The Kier molecular flexibility index (Phi) is 6.59. The summed E-state index contributed by atoms with van der Waals surface area (Å²) in [5.74, 6) is 0.304. The lowest BCUT2D eigenvalue weighted by Crippen LogP contribution is -2.30. The monoisotopic (exact) mass is 327 g/mol. The highest BCUT2D eigenvalue weighted by Gasteiger charge is 2.24. The lowest BCUT2D eigenvalue weighted by Gasteiger charge is -2.19. The van der Waals surface area contributed by atoms with Gasteiger partial charge in [0.15, 0.2) is 0 Å². The normalized spacial score (nSPS) is 11.7. The van der Waals surface area contributed by atoms with Gasteiger partial charge in [0.1, 0.15) is 11.8 Å². The number of esters is 1. The third-order valence-corrected chi connectivity index (χ3v) is 2.98.